The van der Waals surface area contributed by atoms with E-state index in [0.29, 0.717) is 34.5 Å². The highest BCUT2D eigenvalue weighted by Crippen LogP contribution is 2.38. The minimum atomic E-state index is -0.536. The van der Waals surface area contributed by atoms with Crippen LogP contribution in [0.15, 0.2) is 82.0 Å². The van der Waals surface area contributed by atoms with E-state index >= 15 is 0 Å². The average Bonchev–Trinajstić information content (AvgIpc) is 3.05. The summed E-state index contributed by atoms with van der Waals surface area (Å²) in [4.78, 5) is 28.7. The zero-order chi connectivity index (χ0) is 21.5. The maximum Gasteiger partial charge on any atom is 0.290 e. The summed E-state index contributed by atoms with van der Waals surface area (Å²) in [5, 5.41) is 1.05. The monoisotopic (exact) mass is 429 g/mol. The Morgan fingerprint density at radius 2 is 1.77 bits per heavy atom. The number of halogens is 1. The Morgan fingerprint density at radius 1 is 0.968 bits per heavy atom. The van der Waals surface area contributed by atoms with E-state index in [1.807, 2.05) is 67.6 Å². The van der Waals surface area contributed by atoms with Gasteiger partial charge < -0.3 is 9.32 Å². The number of rotatable bonds is 4. The van der Waals surface area contributed by atoms with Gasteiger partial charge in [0.1, 0.15) is 5.58 Å². The molecule has 1 aliphatic rings. The van der Waals surface area contributed by atoms with Gasteiger partial charge in [-0.2, -0.15) is 0 Å². The van der Waals surface area contributed by atoms with Gasteiger partial charge in [-0.05, 0) is 48.7 Å². The first-order chi connectivity index (χ1) is 15.0. The summed E-state index contributed by atoms with van der Waals surface area (Å²) in [5.41, 5.74) is 3.53. The smallest absolute Gasteiger partial charge is 0.290 e. The van der Waals surface area contributed by atoms with Gasteiger partial charge in [0, 0.05) is 11.6 Å². The molecular weight excluding hydrogens is 410 g/mol. The number of benzene rings is 3. The lowest BCUT2D eigenvalue weighted by atomic mass is 9.98. The van der Waals surface area contributed by atoms with Gasteiger partial charge in [0.15, 0.2) is 5.43 Å². The molecule has 5 heteroatoms. The van der Waals surface area contributed by atoms with Gasteiger partial charge in [0.2, 0.25) is 5.76 Å². The number of hydrogen-bond acceptors (Lipinski definition) is 3. The summed E-state index contributed by atoms with van der Waals surface area (Å²) in [7, 11) is 0. The molecule has 3 aromatic carbocycles. The third-order valence-corrected chi connectivity index (χ3v) is 6.00. The maximum absolute atomic E-state index is 13.5. The molecule has 0 unspecified atom stereocenters. The van der Waals surface area contributed by atoms with E-state index in [9.17, 15) is 9.59 Å². The number of aryl methyl sites for hydroxylation is 1. The van der Waals surface area contributed by atoms with E-state index in [1.165, 1.54) is 0 Å². The van der Waals surface area contributed by atoms with Crippen LogP contribution in [0.4, 0.5) is 0 Å². The van der Waals surface area contributed by atoms with Gasteiger partial charge in [-0.1, -0.05) is 65.7 Å². The zero-order valence-corrected chi connectivity index (χ0v) is 17.7. The molecule has 1 aromatic heterocycles. The third kappa shape index (κ3) is 3.43. The van der Waals surface area contributed by atoms with Crippen molar-refractivity contribution in [3.63, 3.8) is 0 Å². The topological polar surface area (TPSA) is 50.5 Å². The van der Waals surface area contributed by atoms with Crippen LogP contribution in [-0.4, -0.2) is 17.4 Å². The standard InChI is InChI=1S/C26H20ClNO3/c1-16-10-11-21-20(14-16)24(29)22-23(18-8-5-9-19(27)15-18)28(26(30)25(22)31-21)13-12-17-6-3-2-4-7-17/h2-11,14-15,23H,12-13H2,1H3/t23-/m0/s1. The number of carbonyl (C=O) groups is 1. The molecule has 1 aliphatic heterocycles. The molecule has 0 aliphatic carbocycles. The number of fused-ring (bicyclic) bond motifs is 2. The first-order valence-corrected chi connectivity index (χ1v) is 10.6. The van der Waals surface area contributed by atoms with Crippen LogP contribution in [0.25, 0.3) is 11.0 Å². The van der Waals surface area contributed by atoms with Crippen LogP contribution in [0, 0.1) is 6.92 Å². The third-order valence-electron chi connectivity index (χ3n) is 5.77. The number of hydrogen-bond donors (Lipinski definition) is 0. The quantitative estimate of drug-likeness (QED) is 0.427. The molecule has 4 aromatic rings. The number of carbonyl (C=O) groups excluding carboxylic acids is 1. The largest absolute Gasteiger partial charge is 0.450 e. The van der Waals surface area contributed by atoms with Crippen LogP contribution < -0.4 is 5.43 Å². The molecule has 0 radical (unpaired) electrons. The molecule has 0 spiro atoms. The van der Waals surface area contributed by atoms with Crippen molar-refractivity contribution in [2.24, 2.45) is 0 Å². The Labute approximate surface area is 184 Å². The Kier molecular flexibility index (Phi) is 4.87. The molecule has 0 saturated carbocycles. The summed E-state index contributed by atoms with van der Waals surface area (Å²) >= 11 is 6.26. The lowest BCUT2D eigenvalue weighted by molar-refractivity contribution is 0.0730. The van der Waals surface area contributed by atoms with Gasteiger partial charge >= 0.3 is 0 Å². The molecule has 0 bridgehead atoms. The second-order valence-corrected chi connectivity index (χ2v) is 8.30. The fraction of sp³-hybridized carbons (Fsp3) is 0.154. The summed E-state index contributed by atoms with van der Waals surface area (Å²) in [6.07, 6.45) is 0.671. The van der Waals surface area contributed by atoms with E-state index < -0.39 is 6.04 Å². The van der Waals surface area contributed by atoms with Gasteiger partial charge in [-0.3, -0.25) is 9.59 Å². The van der Waals surface area contributed by atoms with Gasteiger partial charge in [-0.25, -0.2) is 0 Å². The Bertz CT molecular complexity index is 1360. The van der Waals surface area contributed by atoms with E-state index in [2.05, 4.69) is 0 Å². The highest BCUT2D eigenvalue weighted by molar-refractivity contribution is 6.30. The van der Waals surface area contributed by atoms with Crippen LogP contribution in [0.1, 0.15) is 38.9 Å². The lowest BCUT2D eigenvalue weighted by Crippen LogP contribution is -2.31. The summed E-state index contributed by atoms with van der Waals surface area (Å²) in [5.74, 6) is -0.144. The summed E-state index contributed by atoms with van der Waals surface area (Å²) < 4.78 is 5.99. The van der Waals surface area contributed by atoms with Crippen molar-refractivity contribution >= 4 is 28.5 Å². The van der Waals surface area contributed by atoms with E-state index in [1.54, 1.807) is 17.0 Å². The molecule has 0 N–H and O–H groups in total. The van der Waals surface area contributed by atoms with Crippen LogP contribution in [0.5, 0.6) is 0 Å². The van der Waals surface area contributed by atoms with Crippen LogP contribution in [0.2, 0.25) is 5.02 Å². The van der Waals surface area contributed by atoms with Gasteiger partial charge in [-0.15, -0.1) is 0 Å². The fourth-order valence-corrected chi connectivity index (χ4v) is 4.48. The maximum atomic E-state index is 13.5. The second kappa shape index (κ2) is 7.71. The van der Waals surface area contributed by atoms with E-state index in [0.717, 1.165) is 16.7 Å². The average molecular weight is 430 g/mol. The van der Waals surface area contributed by atoms with Gasteiger partial charge in [0.25, 0.3) is 5.91 Å². The second-order valence-electron chi connectivity index (χ2n) is 7.87. The summed E-state index contributed by atoms with van der Waals surface area (Å²) in [6, 6.07) is 22.2. The predicted octanol–water partition coefficient (Wildman–Crippen LogP) is 5.54. The van der Waals surface area contributed by atoms with Crippen LogP contribution >= 0.6 is 11.6 Å². The molecule has 0 fully saturated rings. The normalized spacial score (nSPS) is 15.5. The minimum Gasteiger partial charge on any atom is -0.450 e. The molecule has 31 heavy (non-hydrogen) atoms. The first kappa shape index (κ1) is 19.6. The van der Waals surface area contributed by atoms with Crippen molar-refractivity contribution in [2.45, 2.75) is 19.4 Å². The molecule has 2 heterocycles. The van der Waals surface area contributed by atoms with Crippen molar-refractivity contribution in [3.05, 3.63) is 116 Å². The molecule has 5 rings (SSSR count). The lowest BCUT2D eigenvalue weighted by Gasteiger charge is -2.25. The van der Waals surface area contributed by atoms with Gasteiger partial charge in [0.05, 0.1) is 17.0 Å². The van der Waals surface area contributed by atoms with E-state index in [4.69, 9.17) is 16.0 Å². The summed E-state index contributed by atoms with van der Waals surface area (Å²) in [6.45, 7) is 2.39. The Hall–Kier alpha value is -3.37. The Morgan fingerprint density at radius 3 is 2.55 bits per heavy atom. The molecule has 4 nitrogen and oxygen atoms in total. The zero-order valence-electron chi connectivity index (χ0n) is 17.0. The molecule has 0 saturated heterocycles. The van der Waals surface area contributed by atoms with Crippen molar-refractivity contribution in [1.82, 2.24) is 4.90 Å². The van der Waals surface area contributed by atoms with Crippen LogP contribution in [-0.2, 0) is 6.42 Å². The van der Waals surface area contributed by atoms with Crippen molar-refractivity contribution in [3.8, 4) is 0 Å². The van der Waals surface area contributed by atoms with Crippen molar-refractivity contribution in [1.29, 1.82) is 0 Å². The fourth-order valence-electron chi connectivity index (χ4n) is 4.28. The van der Waals surface area contributed by atoms with Crippen molar-refractivity contribution in [2.75, 3.05) is 6.54 Å². The predicted molar refractivity (Wildman–Crippen MR) is 122 cm³/mol. The minimum absolute atomic E-state index is 0.124. The van der Waals surface area contributed by atoms with E-state index in [-0.39, 0.29) is 17.1 Å². The Balaban J connectivity index is 1.67. The first-order valence-electron chi connectivity index (χ1n) is 10.2. The number of amides is 1. The van der Waals surface area contributed by atoms with Crippen molar-refractivity contribution < 1.29 is 9.21 Å². The molecule has 1 atom stereocenters. The molecule has 1 amide bonds. The molecular formula is C26H20ClNO3. The highest BCUT2D eigenvalue weighted by atomic mass is 35.5. The van der Waals surface area contributed by atoms with Crippen LogP contribution in [0.3, 0.4) is 0 Å². The molecule has 154 valence electrons. The SMILES string of the molecule is Cc1ccc2oc3c(c(=O)c2c1)[C@H](c1cccc(Cl)c1)N(CCc1ccccc1)C3=O. The highest BCUT2D eigenvalue weighted by Gasteiger charge is 2.42. The number of nitrogens with zero attached hydrogens (tertiary/aromatic N) is 1.